The summed E-state index contributed by atoms with van der Waals surface area (Å²) >= 11 is 0. The van der Waals surface area contributed by atoms with E-state index >= 15 is 0 Å². The Labute approximate surface area is 90.8 Å². The third-order valence-electron chi connectivity index (χ3n) is 2.99. The molecule has 15 heavy (non-hydrogen) atoms. The third-order valence-corrected chi connectivity index (χ3v) is 2.99. The van der Waals surface area contributed by atoms with Gasteiger partial charge >= 0.3 is 6.98 Å². The average Bonchev–Trinajstić information content (AvgIpc) is 2.59. The summed E-state index contributed by atoms with van der Waals surface area (Å²) in [5, 5.41) is 0. The van der Waals surface area contributed by atoms with E-state index in [-0.39, 0.29) is 0 Å². The molecule has 4 heteroatoms. The van der Waals surface area contributed by atoms with Gasteiger partial charge in [0.1, 0.15) is 6.29 Å². The molecule has 0 unspecified atom stereocenters. The molecule has 0 saturated carbocycles. The molecule has 1 aliphatic heterocycles. The summed E-state index contributed by atoms with van der Waals surface area (Å²) in [6, 6.07) is 7.83. The Morgan fingerprint density at radius 2 is 1.93 bits per heavy atom. The van der Waals surface area contributed by atoms with Crippen LogP contribution in [0.15, 0.2) is 24.3 Å². The molecule has 0 amide bonds. The first-order valence-corrected chi connectivity index (χ1v) is 5.18. The normalized spacial score (nSPS) is 18.4. The second-order valence-corrected chi connectivity index (χ2v) is 4.12. The van der Waals surface area contributed by atoms with Crippen molar-refractivity contribution in [2.45, 2.75) is 0 Å². The van der Waals surface area contributed by atoms with Gasteiger partial charge < -0.3 is 9.62 Å². The number of carbonyl (C=O) groups excluding carboxylic acids is 1. The van der Waals surface area contributed by atoms with Crippen molar-refractivity contribution in [3.05, 3.63) is 29.8 Å². The number of hydrogen-bond acceptors (Lipinski definition) is 3. The van der Waals surface area contributed by atoms with Crippen molar-refractivity contribution in [2.24, 2.45) is 0 Å². The van der Waals surface area contributed by atoms with E-state index in [1.54, 1.807) is 0 Å². The zero-order valence-corrected chi connectivity index (χ0v) is 9.18. The van der Waals surface area contributed by atoms with Crippen molar-refractivity contribution in [1.29, 1.82) is 0 Å². The molecular weight excluding hydrogens is 187 g/mol. The molecule has 1 aromatic rings. The molecule has 1 heterocycles. The number of carbonyl (C=O) groups is 1. The largest absolute Gasteiger partial charge is 0.345 e. The van der Waals surface area contributed by atoms with Crippen LogP contribution in [-0.2, 0) is 0 Å². The van der Waals surface area contributed by atoms with Gasteiger partial charge in [0.2, 0.25) is 0 Å². The Morgan fingerprint density at radius 1 is 1.27 bits per heavy atom. The van der Waals surface area contributed by atoms with E-state index in [1.807, 2.05) is 18.2 Å². The summed E-state index contributed by atoms with van der Waals surface area (Å²) in [5.74, 6) is 0. The predicted molar refractivity (Wildman–Crippen MR) is 62.5 cm³/mol. The molecule has 78 valence electrons. The number of rotatable bonds is 2. The van der Waals surface area contributed by atoms with E-state index < -0.39 is 0 Å². The number of likely N-dealkylation sites (N-methyl/N-ethyl adjacent to an activating group) is 2. The lowest BCUT2D eigenvalue weighted by Gasteiger charge is -2.20. The number of benzene rings is 1. The van der Waals surface area contributed by atoms with Gasteiger partial charge in [0.25, 0.3) is 0 Å². The fourth-order valence-electron chi connectivity index (χ4n) is 2.20. The minimum absolute atomic E-state index is 0.310. The van der Waals surface area contributed by atoms with Gasteiger partial charge in [-0.1, -0.05) is 24.3 Å². The molecule has 1 fully saturated rings. The maximum atomic E-state index is 10.7. The molecule has 0 bridgehead atoms. The summed E-state index contributed by atoms with van der Waals surface area (Å²) < 4.78 is 0. The van der Waals surface area contributed by atoms with Crippen LogP contribution in [0.3, 0.4) is 0 Å². The molecule has 0 atom stereocenters. The van der Waals surface area contributed by atoms with E-state index in [2.05, 4.69) is 29.8 Å². The first-order chi connectivity index (χ1) is 7.22. The lowest BCUT2D eigenvalue weighted by atomic mass is 9.66. The quantitative estimate of drug-likeness (QED) is 0.501. The molecule has 1 saturated heterocycles. The van der Waals surface area contributed by atoms with Crippen molar-refractivity contribution in [3.63, 3.8) is 0 Å². The van der Waals surface area contributed by atoms with Crippen LogP contribution in [0.1, 0.15) is 10.4 Å². The van der Waals surface area contributed by atoms with E-state index in [0.717, 1.165) is 24.9 Å². The van der Waals surface area contributed by atoms with Crippen LogP contribution in [0.4, 0.5) is 0 Å². The van der Waals surface area contributed by atoms with Crippen LogP contribution in [0, 0.1) is 0 Å². The SMILES string of the molecule is CN1CCN(C)B1c1cccc(C=O)c1. The summed E-state index contributed by atoms with van der Waals surface area (Å²) in [7, 11) is 4.23. The first-order valence-electron chi connectivity index (χ1n) is 5.18. The highest BCUT2D eigenvalue weighted by molar-refractivity contribution is 6.68. The number of nitrogens with zero attached hydrogens (tertiary/aromatic N) is 2. The second-order valence-electron chi connectivity index (χ2n) is 4.12. The highest BCUT2D eigenvalue weighted by atomic mass is 16.1. The molecular formula is C11H15BN2O. The zero-order valence-electron chi connectivity index (χ0n) is 9.18. The Hall–Kier alpha value is -1.13. The summed E-state index contributed by atoms with van der Waals surface area (Å²) in [6.45, 7) is 2.46. The average molecular weight is 202 g/mol. The molecule has 0 spiro atoms. The first kappa shape index (κ1) is 10.4. The molecule has 1 aromatic carbocycles. The van der Waals surface area contributed by atoms with Gasteiger partial charge in [-0.25, -0.2) is 0 Å². The fourth-order valence-corrected chi connectivity index (χ4v) is 2.20. The smallest absolute Gasteiger partial charge is 0.326 e. The minimum atomic E-state index is 0.310. The Kier molecular flexibility index (Phi) is 2.89. The van der Waals surface area contributed by atoms with Crippen LogP contribution in [0.5, 0.6) is 0 Å². The van der Waals surface area contributed by atoms with Crippen molar-refractivity contribution < 1.29 is 4.79 Å². The van der Waals surface area contributed by atoms with Crippen molar-refractivity contribution in [1.82, 2.24) is 9.62 Å². The molecule has 0 aromatic heterocycles. The highest BCUT2D eigenvalue weighted by Crippen LogP contribution is 2.07. The molecule has 0 radical (unpaired) electrons. The predicted octanol–water partition coefficient (Wildman–Crippen LogP) is 0.0715. The number of hydrogen-bond donors (Lipinski definition) is 0. The molecule has 2 rings (SSSR count). The summed E-state index contributed by atoms with van der Waals surface area (Å²) in [4.78, 5) is 15.3. The third kappa shape index (κ3) is 1.96. The maximum Gasteiger partial charge on any atom is 0.345 e. The van der Waals surface area contributed by atoms with Crippen LogP contribution in [0.2, 0.25) is 0 Å². The summed E-state index contributed by atoms with van der Waals surface area (Å²) in [5.41, 5.74) is 1.95. The highest BCUT2D eigenvalue weighted by Gasteiger charge is 2.32. The van der Waals surface area contributed by atoms with E-state index in [0.29, 0.717) is 6.98 Å². The Morgan fingerprint density at radius 3 is 2.53 bits per heavy atom. The van der Waals surface area contributed by atoms with Crippen LogP contribution in [0.25, 0.3) is 0 Å². The van der Waals surface area contributed by atoms with Gasteiger partial charge in [0.15, 0.2) is 0 Å². The zero-order chi connectivity index (χ0) is 10.8. The fraction of sp³-hybridized carbons (Fsp3) is 0.364. The van der Waals surface area contributed by atoms with Gasteiger partial charge in [-0.3, -0.25) is 4.79 Å². The van der Waals surface area contributed by atoms with Gasteiger partial charge in [0.05, 0.1) is 0 Å². The van der Waals surface area contributed by atoms with Crippen molar-refractivity contribution >= 4 is 18.7 Å². The van der Waals surface area contributed by atoms with E-state index in [1.165, 1.54) is 5.46 Å². The molecule has 3 nitrogen and oxygen atoms in total. The topological polar surface area (TPSA) is 23.6 Å². The monoisotopic (exact) mass is 202 g/mol. The lowest BCUT2D eigenvalue weighted by Crippen LogP contribution is -2.50. The van der Waals surface area contributed by atoms with Gasteiger partial charge in [0, 0.05) is 18.7 Å². The van der Waals surface area contributed by atoms with Crippen LogP contribution >= 0.6 is 0 Å². The Bertz CT molecular complexity index is 359. The molecule has 0 N–H and O–H groups in total. The van der Waals surface area contributed by atoms with E-state index in [4.69, 9.17) is 0 Å². The molecule has 1 aliphatic rings. The van der Waals surface area contributed by atoms with Gasteiger partial charge in [-0.15, -0.1) is 0 Å². The van der Waals surface area contributed by atoms with Crippen LogP contribution < -0.4 is 5.46 Å². The van der Waals surface area contributed by atoms with Crippen molar-refractivity contribution in [3.8, 4) is 0 Å². The second kappa shape index (κ2) is 4.17. The minimum Gasteiger partial charge on any atom is -0.326 e. The maximum absolute atomic E-state index is 10.7. The molecule has 0 aliphatic carbocycles. The Balaban J connectivity index is 2.31. The lowest BCUT2D eigenvalue weighted by molar-refractivity contribution is 0.112. The summed E-state index contributed by atoms with van der Waals surface area (Å²) in [6.07, 6.45) is 0.901. The van der Waals surface area contributed by atoms with Crippen molar-refractivity contribution in [2.75, 3.05) is 27.2 Å². The van der Waals surface area contributed by atoms with Gasteiger partial charge in [-0.2, -0.15) is 0 Å². The van der Waals surface area contributed by atoms with Gasteiger partial charge in [-0.05, 0) is 19.6 Å². The number of aldehydes is 1. The van der Waals surface area contributed by atoms with E-state index in [9.17, 15) is 4.79 Å². The standard InChI is InChI=1S/C11H15BN2O/c1-13-6-7-14(2)12(13)11-5-3-4-10(8-11)9-15/h3-5,8-9H,6-7H2,1-2H3. The van der Waals surface area contributed by atoms with Crippen LogP contribution in [-0.4, -0.2) is 50.1 Å².